The fraction of sp³-hybridized carbons (Fsp3) is 0.622. The highest BCUT2D eigenvalue weighted by Crippen LogP contribution is 2.31. The zero-order chi connectivity index (χ0) is 41.7. The molecule has 2 fully saturated rings. The van der Waals surface area contributed by atoms with Crippen LogP contribution in [0.1, 0.15) is 96.7 Å². The molecule has 58 heavy (non-hydrogen) atoms. The molecule has 2 aliphatic rings. The standard InChI is InChI=1S/C45H65N5O7S/c1-5-30(2)27-46-43(54)37(45(3,4)56)26-40(51)38(22-31-12-7-6-8-13-31)48-44(55)39(25-35-28-58-29-47-35)49-42(53)34(24-41(52)50-18-20-57-21-19-50)23-33-16-11-15-32-14-9-10-17-36(32)33/h9-11,14-17,28-31,34,37-40,51,56H,5-8,12-13,18-27H2,1-4H3,(H,46,54)(H,48,55)(H,49,53)/t30-,34+,37+,38-,39-,40-/m0/s1. The number of aliphatic hydroxyl groups is 2. The first-order valence-electron chi connectivity index (χ1n) is 21.3. The molecule has 5 rings (SSSR count). The molecule has 318 valence electrons. The smallest absolute Gasteiger partial charge is 0.243 e. The van der Waals surface area contributed by atoms with Gasteiger partial charge >= 0.3 is 0 Å². The Morgan fingerprint density at radius 1 is 0.966 bits per heavy atom. The van der Waals surface area contributed by atoms with E-state index in [0.29, 0.717) is 45.0 Å². The molecule has 1 aliphatic heterocycles. The van der Waals surface area contributed by atoms with Crippen molar-refractivity contribution in [2.24, 2.45) is 23.7 Å². The molecule has 1 saturated carbocycles. The Morgan fingerprint density at radius 2 is 1.69 bits per heavy atom. The minimum absolute atomic E-state index is 0.0411. The molecule has 5 N–H and O–H groups in total. The number of fused-ring (bicyclic) bond motifs is 1. The van der Waals surface area contributed by atoms with Crippen LogP contribution < -0.4 is 16.0 Å². The zero-order valence-electron chi connectivity index (χ0n) is 34.8. The second-order valence-corrected chi connectivity index (χ2v) is 17.8. The number of aromatic nitrogens is 1. The van der Waals surface area contributed by atoms with Gasteiger partial charge in [-0.25, -0.2) is 4.98 Å². The van der Waals surface area contributed by atoms with Gasteiger partial charge in [0.05, 0.1) is 54.0 Å². The summed E-state index contributed by atoms with van der Waals surface area (Å²) in [6, 6.07) is 12.1. The highest BCUT2D eigenvalue weighted by atomic mass is 32.1. The summed E-state index contributed by atoms with van der Waals surface area (Å²) in [5, 5.41) is 36.0. The summed E-state index contributed by atoms with van der Waals surface area (Å²) in [6.45, 7) is 9.47. The van der Waals surface area contributed by atoms with Crippen molar-refractivity contribution in [3.63, 3.8) is 0 Å². The Balaban J connectivity index is 1.40. The number of carbonyl (C=O) groups excluding carboxylic acids is 4. The third kappa shape index (κ3) is 13.3. The summed E-state index contributed by atoms with van der Waals surface area (Å²) in [5.74, 6) is -2.58. The second kappa shape index (κ2) is 21.9. The van der Waals surface area contributed by atoms with Gasteiger partial charge in [0.15, 0.2) is 0 Å². The SMILES string of the molecule is CC[C@H](C)CNC(=O)[C@@H](C[C@H](O)[C@H](CC1CCCCC1)NC(=O)[C@H](Cc1cscn1)NC(=O)[C@@H](CC(=O)N1CCOCC1)Cc1cccc2ccccc12)C(C)(C)O. The lowest BCUT2D eigenvalue weighted by atomic mass is 9.80. The number of rotatable bonds is 20. The number of thiazole rings is 1. The summed E-state index contributed by atoms with van der Waals surface area (Å²) < 4.78 is 5.47. The first kappa shape index (κ1) is 45.2. The molecule has 2 heterocycles. The monoisotopic (exact) mass is 819 g/mol. The molecule has 1 saturated heterocycles. The molecule has 12 nitrogen and oxygen atoms in total. The number of nitrogens with zero attached hydrogens (tertiary/aromatic N) is 2. The quantitative estimate of drug-likeness (QED) is 0.104. The molecule has 6 atom stereocenters. The molecule has 2 aromatic carbocycles. The van der Waals surface area contributed by atoms with E-state index in [1.165, 1.54) is 11.3 Å². The average molecular weight is 820 g/mol. The molecule has 0 spiro atoms. The lowest BCUT2D eigenvalue weighted by molar-refractivity contribution is -0.140. The highest BCUT2D eigenvalue weighted by molar-refractivity contribution is 7.07. The minimum Gasteiger partial charge on any atom is -0.391 e. The van der Waals surface area contributed by atoms with Gasteiger partial charge in [-0.2, -0.15) is 0 Å². The van der Waals surface area contributed by atoms with Crippen LogP contribution in [0.3, 0.4) is 0 Å². The fourth-order valence-electron chi connectivity index (χ4n) is 8.23. The van der Waals surface area contributed by atoms with E-state index in [9.17, 15) is 29.4 Å². The van der Waals surface area contributed by atoms with E-state index in [0.717, 1.165) is 54.9 Å². The molecule has 0 bridgehead atoms. The first-order chi connectivity index (χ1) is 27.8. The summed E-state index contributed by atoms with van der Waals surface area (Å²) in [5.41, 5.74) is 1.80. The van der Waals surface area contributed by atoms with Crippen molar-refractivity contribution in [2.45, 2.75) is 122 Å². The molecule has 1 aliphatic carbocycles. The predicted octanol–water partition coefficient (Wildman–Crippen LogP) is 5.19. The zero-order valence-corrected chi connectivity index (χ0v) is 35.6. The van der Waals surface area contributed by atoms with Gasteiger partial charge in [-0.1, -0.05) is 94.8 Å². The van der Waals surface area contributed by atoms with Crippen LogP contribution >= 0.6 is 11.3 Å². The first-order valence-corrected chi connectivity index (χ1v) is 22.2. The average Bonchev–Trinajstić information content (AvgIpc) is 3.74. The number of hydrogen-bond donors (Lipinski definition) is 5. The fourth-order valence-corrected chi connectivity index (χ4v) is 8.81. The van der Waals surface area contributed by atoms with Crippen LogP contribution in [0, 0.1) is 23.7 Å². The third-order valence-corrected chi connectivity index (χ3v) is 12.7. The van der Waals surface area contributed by atoms with Gasteiger partial charge in [0, 0.05) is 37.9 Å². The normalized spacial score (nSPS) is 18.4. The van der Waals surface area contributed by atoms with Gasteiger partial charge in [-0.05, 0) is 61.3 Å². The van der Waals surface area contributed by atoms with Crippen LogP contribution in [-0.4, -0.2) is 100 Å². The number of morpholine rings is 1. The van der Waals surface area contributed by atoms with E-state index in [1.54, 1.807) is 24.3 Å². The Hall–Kier alpha value is -3.91. The number of ether oxygens (including phenoxy) is 1. The summed E-state index contributed by atoms with van der Waals surface area (Å²) in [6.07, 6.45) is 5.72. The lowest BCUT2D eigenvalue weighted by Gasteiger charge is -2.35. The van der Waals surface area contributed by atoms with Crippen LogP contribution in [0.25, 0.3) is 10.8 Å². The molecular weight excluding hydrogens is 755 g/mol. The lowest BCUT2D eigenvalue weighted by Crippen LogP contribution is -2.56. The van der Waals surface area contributed by atoms with Crippen molar-refractivity contribution in [1.29, 1.82) is 0 Å². The molecule has 3 aromatic rings. The van der Waals surface area contributed by atoms with E-state index in [-0.39, 0.29) is 49.3 Å². The molecule has 13 heteroatoms. The summed E-state index contributed by atoms with van der Waals surface area (Å²) in [4.78, 5) is 62.4. The van der Waals surface area contributed by atoms with Crippen molar-refractivity contribution in [3.05, 3.63) is 64.6 Å². The second-order valence-electron chi connectivity index (χ2n) is 17.1. The van der Waals surface area contributed by atoms with E-state index in [1.807, 2.05) is 61.7 Å². The molecular formula is C45H65N5O7S. The van der Waals surface area contributed by atoms with Crippen molar-refractivity contribution >= 4 is 45.7 Å². The van der Waals surface area contributed by atoms with Crippen molar-refractivity contribution in [2.75, 3.05) is 32.8 Å². The summed E-state index contributed by atoms with van der Waals surface area (Å²) >= 11 is 1.39. The molecule has 1 aromatic heterocycles. The topological polar surface area (TPSA) is 170 Å². The third-order valence-electron chi connectivity index (χ3n) is 12.1. The van der Waals surface area contributed by atoms with Crippen LogP contribution in [-0.2, 0) is 36.8 Å². The van der Waals surface area contributed by atoms with Crippen LogP contribution in [0.4, 0.5) is 0 Å². The van der Waals surface area contributed by atoms with Crippen LogP contribution in [0.2, 0.25) is 0 Å². The van der Waals surface area contributed by atoms with Gasteiger partial charge in [-0.15, -0.1) is 11.3 Å². The number of amides is 4. The van der Waals surface area contributed by atoms with Gasteiger partial charge in [0.1, 0.15) is 6.04 Å². The van der Waals surface area contributed by atoms with E-state index in [2.05, 4.69) is 20.9 Å². The number of benzene rings is 2. The van der Waals surface area contributed by atoms with Gasteiger partial charge in [0.2, 0.25) is 23.6 Å². The number of carbonyl (C=O) groups is 4. The maximum Gasteiger partial charge on any atom is 0.243 e. The van der Waals surface area contributed by atoms with Crippen molar-refractivity contribution in [3.8, 4) is 0 Å². The van der Waals surface area contributed by atoms with Crippen molar-refractivity contribution < 1.29 is 34.1 Å². The molecule has 0 radical (unpaired) electrons. The minimum atomic E-state index is -1.43. The Morgan fingerprint density at radius 3 is 2.38 bits per heavy atom. The van der Waals surface area contributed by atoms with Crippen molar-refractivity contribution in [1.82, 2.24) is 25.8 Å². The number of hydrogen-bond acceptors (Lipinski definition) is 9. The molecule has 4 amide bonds. The predicted molar refractivity (Wildman–Crippen MR) is 227 cm³/mol. The largest absolute Gasteiger partial charge is 0.391 e. The maximum absolute atomic E-state index is 14.5. The van der Waals surface area contributed by atoms with Gasteiger partial charge in [-0.3, -0.25) is 19.2 Å². The molecule has 0 unspecified atom stereocenters. The number of nitrogens with one attached hydrogen (secondary N) is 3. The van der Waals surface area contributed by atoms with Crippen LogP contribution in [0.15, 0.2) is 53.4 Å². The Kier molecular flexibility index (Phi) is 17.1. The van der Waals surface area contributed by atoms with E-state index < -0.39 is 47.4 Å². The Bertz CT molecular complexity index is 1760. The van der Waals surface area contributed by atoms with E-state index >= 15 is 0 Å². The number of aliphatic hydroxyl groups excluding tert-OH is 1. The van der Waals surface area contributed by atoms with E-state index in [4.69, 9.17) is 4.74 Å². The summed E-state index contributed by atoms with van der Waals surface area (Å²) in [7, 11) is 0. The Labute approximate surface area is 347 Å². The van der Waals surface area contributed by atoms with Gasteiger partial charge < -0.3 is 35.8 Å². The van der Waals surface area contributed by atoms with Crippen LogP contribution in [0.5, 0.6) is 0 Å². The maximum atomic E-state index is 14.5. The highest BCUT2D eigenvalue weighted by Gasteiger charge is 2.39. The van der Waals surface area contributed by atoms with Gasteiger partial charge in [0.25, 0.3) is 0 Å².